The van der Waals surface area contributed by atoms with Gasteiger partial charge in [-0.15, -0.1) is 0 Å². The number of amides is 1. The Morgan fingerprint density at radius 1 is 1.10 bits per heavy atom. The number of hydrogen-bond donors (Lipinski definition) is 2. The molecule has 7 atom stereocenters. The summed E-state index contributed by atoms with van der Waals surface area (Å²) < 4.78 is 0. The number of aliphatic hydroxyl groups is 1. The molecule has 0 radical (unpaired) electrons. The number of hydrazone groups is 1. The van der Waals surface area contributed by atoms with E-state index in [0.717, 1.165) is 31.1 Å². The number of carbonyl (C=O) groups excluding carboxylic acids is 1. The van der Waals surface area contributed by atoms with Crippen LogP contribution in [0.1, 0.15) is 82.0 Å². The average molecular weight is 410 g/mol. The molecule has 0 unspecified atom stereocenters. The Bertz CT molecular complexity index is 840. The second-order valence-electron chi connectivity index (χ2n) is 10.8. The van der Waals surface area contributed by atoms with Crippen LogP contribution < -0.4 is 5.43 Å². The van der Waals surface area contributed by atoms with Crippen molar-refractivity contribution in [1.29, 1.82) is 0 Å². The van der Waals surface area contributed by atoms with Gasteiger partial charge in [0, 0.05) is 29.1 Å². The molecule has 30 heavy (non-hydrogen) atoms. The molecular formula is C25H35N3O2. The molecular weight excluding hydrogens is 374 g/mol. The average Bonchev–Trinajstić information content (AvgIpc) is 3.09. The van der Waals surface area contributed by atoms with Crippen LogP contribution in [-0.4, -0.2) is 27.8 Å². The summed E-state index contributed by atoms with van der Waals surface area (Å²) in [6.45, 7) is 4.93. The third-order valence-corrected chi connectivity index (χ3v) is 9.61. The summed E-state index contributed by atoms with van der Waals surface area (Å²) >= 11 is 0. The van der Waals surface area contributed by atoms with Gasteiger partial charge in [-0.2, -0.15) is 5.10 Å². The summed E-state index contributed by atoms with van der Waals surface area (Å²) in [5.74, 6) is 2.77. The standard InChI is InChI=1S/C25H35N3O2/c1-24-11-7-18(29)15-17(24)3-4-19-20-5-6-22(25(20,2)12-8-21(19)24)27-28-23(30)16-9-13-26-14-10-16/h9-10,13-14,17-21,29H,3-8,11-12,15H2,1-2H3,(H,28,30)/t17-,18-,19-,20+,21-,24-,25+/m0/s1. The molecule has 0 saturated heterocycles. The monoisotopic (exact) mass is 409 g/mol. The Morgan fingerprint density at radius 3 is 2.70 bits per heavy atom. The van der Waals surface area contributed by atoms with Crippen molar-refractivity contribution < 1.29 is 9.90 Å². The van der Waals surface area contributed by atoms with Gasteiger partial charge in [-0.05, 0) is 99.0 Å². The maximum atomic E-state index is 12.5. The van der Waals surface area contributed by atoms with Crippen LogP contribution in [-0.2, 0) is 0 Å². The van der Waals surface area contributed by atoms with Crippen molar-refractivity contribution >= 4 is 11.6 Å². The van der Waals surface area contributed by atoms with E-state index in [-0.39, 0.29) is 17.4 Å². The Labute approximate surface area is 179 Å². The number of rotatable bonds is 2. The normalized spacial score (nSPS) is 44.1. The first kappa shape index (κ1) is 20.2. The minimum atomic E-state index is -0.153. The highest BCUT2D eigenvalue weighted by Gasteiger charge is 2.59. The van der Waals surface area contributed by atoms with Crippen molar-refractivity contribution in [2.75, 3.05) is 0 Å². The number of aliphatic hydroxyl groups excluding tert-OH is 1. The van der Waals surface area contributed by atoms with E-state index < -0.39 is 0 Å². The fourth-order valence-electron chi connectivity index (χ4n) is 7.89. The molecule has 0 bridgehead atoms. The number of fused-ring (bicyclic) bond motifs is 5. The van der Waals surface area contributed by atoms with Crippen molar-refractivity contribution in [2.45, 2.75) is 77.7 Å². The first-order valence-electron chi connectivity index (χ1n) is 11.9. The number of carbonyl (C=O) groups is 1. The first-order valence-corrected chi connectivity index (χ1v) is 11.9. The van der Waals surface area contributed by atoms with Crippen LogP contribution in [0.5, 0.6) is 0 Å². The fourth-order valence-corrected chi connectivity index (χ4v) is 7.89. The molecule has 1 aromatic rings. The summed E-state index contributed by atoms with van der Waals surface area (Å²) in [5, 5.41) is 14.9. The fraction of sp³-hybridized carbons (Fsp3) is 0.720. The zero-order valence-electron chi connectivity index (χ0n) is 18.3. The summed E-state index contributed by atoms with van der Waals surface area (Å²) in [6.07, 6.45) is 13.6. The predicted octanol–water partition coefficient (Wildman–Crippen LogP) is 4.57. The molecule has 162 valence electrons. The molecule has 5 rings (SSSR count). The largest absolute Gasteiger partial charge is 0.393 e. The second kappa shape index (κ2) is 7.44. The topological polar surface area (TPSA) is 74.6 Å². The van der Waals surface area contributed by atoms with Gasteiger partial charge in [0.25, 0.3) is 5.91 Å². The van der Waals surface area contributed by atoms with Crippen LogP contribution in [0.2, 0.25) is 0 Å². The summed E-state index contributed by atoms with van der Waals surface area (Å²) in [7, 11) is 0. The number of aromatic nitrogens is 1. The number of hydrogen-bond acceptors (Lipinski definition) is 4. The number of nitrogens with one attached hydrogen (secondary N) is 1. The first-order chi connectivity index (χ1) is 14.4. The van der Waals surface area contributed by atoms with Crippen molar-refractivity contribution in [2.24, 2.45) is 39.6 Å². The number of nitrogens with zero attached hydrogens (tertiary/aromatic N) is 2. The van der Waals surface area contributed by atoms with Crippen molar-refractivity contribution in [1.82, 2.24) is 10.4 Å². The van der Waals surface area contributed by atoms with E-state index in [1.54, 1.807) is 24.5 Å². The molecule has 5 heteroatoms. The van der Waals surface area contributed by atoms with Gasteiger partial charge >= 0.3 is 0 Å². The third kappa shape index (κ3) is 3.12. The van der Waals surface area contributed by atoms with Gasteiger partial charge in [-0.25, -0.2) is 5.43 Å². The molecule has 0 aliphatic heterocycles. The van der Waals surface area contributed by atoms with Crippen molar-refractivity contribution in [3.63, 3.8) is 0 Å². The molecule has 1 aromatic heterocycles. The third-order valence-electron chi connectivity index (χ3n) is 9.61. The summed E-state index contributed by atoms with van der Waals surface area (Å²) in [5.41, 5.74) is 5.13. The van der Waals surface area contributed by atoms with Gasteiger partial charge in [0.15, 0.2) is 0 Å². The van der Waals surface area contributed by atoms with E-state index in [0.29, 0.717) is 22.8 Å². The van der Waals surface area contributed by atoms with Gasteiger partial charge in [-0.1, -0.05) is 13.8 Å². The van der Waals surface area contributed by atoms with Crippen LogP contribution in [0.25, 0.3) is 0 Å². The quantitative estimate of drug-likeness (QED) is 0.703. The Hall–Kier alpha value is -1.75. The lowest BCUT2D eigenvalue weighted by atomic mass is 9.45. The highest BCUT2D eigenvalue weighted by Crippen LogP contribution is 2.65. The van der Waals surface area contributed by atoms with Crippen molar-refractivity contribution in [3.05, 3.63) is 30.1 Å². The summed E-state index contributed by atoms with van der Waals surface area (Å²) in [4.78, 5) is 16.4. The molecule has 2 N–H and O–H groups in total. The van der Waals surface area contributed by atoms with E-state index in [2.05, 4.69) is 29.4 Å². The predicted molar refractivity (Wildman–Crippen MR) is 117 cm³/mol. The molecule has 1 heterocycles. The molecule has 0 aromatic carbocycles. The highest BCUT2D eigenvalue weighted by molar-refractivity contribution is 5.97. The van der Waals surface area contributed by atoms with E-state index in [1.165, 1.54) is 44.2 Å². The maximum Gasteiger partial charge on any atom is 0.271 e. The Balaban J connectivity index is 1.33. The van der Waals surface area contributed by atoms with Crippen molar-refractivity contribution in [3.8, 4) is 0 Å². The second-order valence-corrected chi connectivity index (χ2v) is 10.8. The zero-order chi connectivity index (χ0) is 20.9. The lowest BCUT2D eigenvalue weighted by Crippen LogP contribution is -2.54. The maximum absolute atomic E-state index is 12.5. The lowest BCUT2D eigenvalue weighted by Gasteiger charge is -2.60. The lowest BCUT2D eigenvalue weighted by molar-refractivity contribution is -0.113. The molecule has 4 aliphatic rings. The smallest absolute Gasteiger partial charge is 0.271 e. The van der Waals surface area contributed by atoms with E-state index in [4.69, 9.17) is 0 Å². The highest BCUT2D eigenvalue weighted by atomic mass is 16.3. The SMILES string of the molecule is C[C@]12CC[C@H](O)C[C@@H]1CC[C@H]1[C@H]3CCC(=NNC(=O)c4ccncc4)[C@]3(C)CC[C@@H]12. The molecule has 4 saturated carbocycles. The van der Waals surface area contributed by atoms with Crippen LogP contribution in [0.4, 0.5) is 0 Å². The number of pyridine rings is 1. The van der Waals surface area contributed by atoms with E-state index in [1.807, 2.05) is 0 Å². The minimum absolute atomic E-state index is 0.0808. The zero-order valence-corrected chi connectivity index (χ0v) is 18.3. The van der Waals surface area contributed by atoms with E-state index in [9.17, 15) is 9.90 Å². The Kier molecular flexibility index (Phi) is 5.00. The van der Waals surface area contributed by atoms with E-state index >= 15 is 0 Å². The summed E-state index contributed by atoms with van der Waals surface area (Å²) in [6, 6.07) is 3.44. The van der Waals surface area contributed by atoms with Crippen LogP contribution in [0.3, 0.4) is 0 Å². The molecule has 4 aliphatic carbocycles. The molecule has 4 fully saturated rings. The van der Waals surface area contributed by atoms with Crippen LogP contribution >= 0.6 is 0 Å². The van der Waals surface area contributed by atoms with Gasteiger partial charge in [0.05, 0.1) is 6.10 Å². The van der Waals surface area contributed by atoms with Crippen LogP contribution in [0, 0.1) is 34.5 Å². The molecule has 0 spiro atoms. The Morgan fingerprint density at radius 2 is 1.90 bits per heavy atom. The van der Waals surface area contributed by atoms with Gasteiger partial charge in [0.2, 0.25) is 0 Å². The van der Waals surface area contributed by atoms with Crippen LogP contribution in [0.15, 0.2) is 29.6 Å². The molecule has 5 nitrogen and oxygen atoms in total. The minimum Gasteiger partial charge on any atom is -0.393 e. The van der Waals surface area contributed by atoms with Gasteiger partial charge < -0.3 is 5.11 Å². The van der Waals surface area contributed by atoms with Gasteiger partial charge in [-0.3, -0.25) is 9.78 Å². The molecule has 1 amide bonds. The van der Waals surface area contributed by atoms with Gasteiger partial charge in [0.1, 0.15) is 0 Å².